The normalized spacial score (nSPS) is 11.9. The van der Waals surface area contributed by atoms with E-state index >= 15 is 0 Å². The average Bonchev–Trinajstić information content (AvgIpc) is 2.96. The number of ether oxygens (including phenoxy) is 1. The molecule has 0 saturated carbocycles. The Bertz CT molecular complexity index is 1400. The van der Waals surface area contributed by atoms with Crippen molar-refractivity contribution in [2.75, 3.05) is 24.0 Å². The largest absolute Gasteiger partial charge is 0.494 e. The van der Waals surface area contributed by atoms with E-state index in [4.69, 9.17) is 4.74 Å². The van der Waals surface area contributed by atoms with Crippen molar-refractivity contribution >= 4 is 27.5 Å². The van der Waals surface area contributed by atoms with Gasteiger partial charge in [0.05, 0.1) is 17.2 Å². The van der Waals surface area contributed by atoms with Gasteiger partial charge in [-0.1, -0.05) is 43.7 Å². The Morgan fingerprint density at radius 3 is 2.12 bits per heavy atom. The van der Waals surface area contributed by atoms with Gasteiger partial charge in [-0.15, -0.1) is 0 Å². The second-order valence-electron chi connectivity index (χ2n) is 9.61. The molecule has 0 fully saturated rings. The Morgan fingerprint density at radius 1 is 0.927 bits per heavy atom. The van der Waals surface area contributed by atoms with Gasteiger partial charge in [-0.3, -0.25) is 13.9 Å². The van der Waals surface area contributed by atoms with Crippen LogP contribution in [0.2, 0.25) is 0 Å². The molecule has 3 aromatic rings. The summed E-state index contributed by atoms with van der Waals surface area (Å²) < 4.78 is 48.0. The molecule has 1 atom stereocenters. The van der Waals surface area contributed by atoms with Crippen LogP contribution >= 0.6 is 0 Å². The number of hydrogen-bond donors (Lipinski definition) is 1. The van der Waals surface area contributed by atoms with Crippen LogP contribution in [0.1, 0.15) is 44.7 Å². The van der Waals surface area contributed by atoms with Crippen LogP contribution in [0.4, 0.5) is 10.1 Å². The fourth-order valence-electron chi connectivity index (χ4n) is 4.31. The quantitative estimate of drug-likeness (QED) is 0.286. The number of carbonyl (C=O) groups excluding carboxylic acids is 2. The number of carbonyl (C=O) groups is 2. The van der Waals surface area contributed by atoms with E-state index < -0.39 is 34.3 Å². The van der Waals surface area contributed by atoms with Gasteiger partial charge in [0, 0.05) is 13.1 Å². The van der Waals surface area contributed by atoms with Crippen LogP contribution < -0.4 is 14.4 Å². The molecule has 0 bridgehead atoms. The molecule has 0 aliphatic rings. The summed E-state index contributed by atoms with van der Waals surface area (Å²) in [6.07, 6.45) is 1.06. The molecule has 0 heterocycles. The van der Waals surface area contributed by atoms with Crippen LogP contribution in [-0.4, -0.2) is 50.9 Å². The van der Waals surface area contributed by atoms with Gasteiger partial charge in [0.25, 0.3) is 10.0 Å². The Labute approximate surface area is 242 Å². The molecule has 3 aromatic carbocycles. The van der Waals surface area contributed by atoms with Crippen molar-refractivity contribution in [1.82, 2.24) is 10.2 Å². The number of aryl methyl sites for hydroxylation is 1. The van der Waals surface area contributed by atoms with E-state index in [1.807, 2.05) is 45.0 Å². The maximum absolute atomic E-state index is 14.0. The van der Waals surface area contributed by atoms with Crippen molar-refractivity contribution in [3.63, 3.8) is 0 Å². The highest BCUT2D eigenvalue weighted by Crippen LogP contribution is 2.26. The smallest absolute Gasteiger partial charge is 0.264 e. The van der Waals surface area contributed by atoms with E-state index in [-0.39, 0.29) is 23.0 Å². The maximum Gasteiger partial charge on any atom is 0.264 e. The van der Waals surface area contributed by atoms with Crippen molar-refractivity contribution in [1.29, 1.82) is 0 Å². The van der Waals surface area contributed by atoms with Gasteiger partial charge in [-0.2, -0.15) is 0 Å². The number of halogens is 1. The molecule has 0 aliphatic heterocycles. The number of amides is 2. The van der Waals surface area contributed by atoms with E-state index in [1.165, 1.54) is 41.3 Å². The van der Waals surface area contributed by atoms with Crippen LogP contribution in [0.25, 0.3) is 0 Å². The molecule has 0 unspecified atom stereocenters. The lowest BCUT2D eigenvalue weighted by Gasteiger charge is -2.33. The molecule has 220 valence electrons. The summed E-state index contributed by atoms with van der Waals surface area (Å²) in [4.78, 5) is 28.5. The third-order valence-electron chi connectivity index (χ3n) is 6.52. The number of sulfonamides is 1. The predicted octanol–water partition coefficient (Wildman–Crippen LogP) is 5.06. The molecule has 0 aliphatic carbocycles. The topological polar surface area (TPSA) is 96.0 Å². The van der Waals surface area contributed by atoms with Gasteiger partial charge >= 0.3 is 0 Å². The van der Waals surface area contributed by atoms with Gasteiger partial charge < -0.3 is 15.0 Å². The zero-order valence-corrected chi connectivity index (χ0v) is 24.8. The molecular formula is C31H38FN3O5S. The second kappa shape index (κ2) is 14.6. The Morgan fingerprint density at radius 2 is 1.56 bits per heavy atom. The molecule has 2 amide bonds. The summed E-state index contributed by atoms with van der Waals surface area (Å²) in [6.45, 7) is 7.90. The summed E-state index contributed by atoms with van der Waals surface area (Å²) in [6, 6.07) is 17.5. The Kier molecular flexibility index (Phi) is 11.3. The minimum Gasteiger partial charge on any atom is -0.494 e. The van der Waals surface area contributed by atoms with Crippen LogP contribution in [0.15, 0.2) is 77.7 Å². The van der Waals surface area contributed by atoms with E-state index in [2.05, 4.69) is 5.32 Å². The first-order valence-electron chi connectivity index (χ1n) is 13.7. The lowest BCUT2D eigenvalue weighted by molar-refractivity contribution is -0.140. The van der Waals surface area contributed by atoms with E-state index in [9.17, 15) is 22.4 Å². The number of nitrogens with one attached hydrogen (secondary N) is 1. The lowest BCUT2D eigenvalue weighted by atomic mass is 10.1. The number of hydrogen-bond acceptors (Lipinski definition) is 5. The average molecular weight is 584 g/mol. The van der Waals surface area contributed by atoms with Crippen molar-refractivity contribution in [2.24, 2.45) is 0 Å². The molecule has 41 heavy (non-hydrogen) atoms. The zero-order valence-electron chi connectivity index (χ0n) is 24.0. The highest BCUT2D eigenvalue weighted by Gasteiger charge is 2.33. The summed E-state index contributed by atoms with van der Waals surface area (Å²) in [5, 5.41) is 2.86. The SMILES string of the molecule is CCCNC(=O)[C@H](CC)N(Cc1ccc(C)cc1)C(=O)CN(c1ccc(F)cc1)S(=O)(=O)c1ccc(OCC)cc1. The number of rotatable bonds is 14. The second-order valence-corrected chi connectivity index (χ2v) is 11.5. The molecule has 8 nitrogen and oxygen atoms in total. The van der Waals surface area contributed by atoms with Gasteiger partial charge in [0.15, 0.2) is 0 Å². The van der Waals surface area contributed by atoms with Crippen molar-refractivity contribution < 1.29 is 27.1 Å². The number of anilines is 1. The highest BCUT2D eigenvalue weighted by molar-refractivity contribution is 7.92. The lowest BCUT2D eigenvalue weighted by Crippen LogP contribution is -2.52. The highest BCUT2D eigenvalue weighted by atomic mass is 32.2. The van der Waals surface area contributed by atoms with Gasteiger partial charge in [-0.25, -0.2) is 12.8 Å². The summed E-state index contributed by atoms with van der Waals surface area (Å²) in [5.74, 6) is -0.914. The maximum atomic E-state index is 14.0. The van der Waals surface area contributed by atoms with Crippen LogP contribution in [0.3, 0.4) is 0 Å². The van der Waals surface area contributed by atoms with Gasteiger partial charge in [-0.05, 0) is 80.8 Å². The molecule has 10 heteroatoms. The van der Waals surface area contributed by atoms with E-state index in [0.29, 0.717) is 25.3 Å². The standard InChI is InChI=1S/C31H38FN3O5S/c1-5-20-33-31(37)29(6-2)34(21-24-10-8-23(4)9-11-24)30(36)22-35(26-14-12-25(32)13-15-26)41(38,39)28-18-16-27(17-19-28)40-7-3/h8-19,29H,5-7,20-22H2,1-4H3,(H,33,37)/t29-/m0/s1. The number of benzene rings is 3. The van der Waals surface area contributed by atoms with Crippen LogP contribution in [-0.2, 0) is 26.2 Å². The van der Waals surface area contributed by atoms with Gasteiger partial charge in [0.1, 0.15) is 24.2 Å². The van der Waals surface area contributed by atoms with Crippen LogP contribution in [0, 0.1) is 12.7 Å². The fraction of sp³-hybridized carbons (Fsp3) is 0.355. The summed E-state index contributed by atoms with van der Waals surface area (Å²) in [7, 11) is -4.27. The zero-order chi connectivity index (χ0) is 30.0. The number of nitrogens with zero attached hydrogens (tertiary/aromatic N) is 2. The van der Waals surface area contributed by atoms with Crippen molar-refractivity contribution in [3.05, 3.63) is 89.7 Å². The third kappa shape index (κ3) is 8.29. The first-order chi connectivity index (χ1) is 19.6. The van der Waals surface area contributed by atoms with Crippen molar-refractivity contribution in [3.8, 4) is 5.75 Å². The molecule has 0 aromatic heterocycles. The van der Waals surface area contributed by atoms with E-state index in [0.717, 1.165) is 34.0 Å². The van der Waals surface area contributed by atoms with Gasteiger partial charge in [0.2, 0.25) is 11.8 Å². The molecule has 1 N–H and O–H groups in total. The minimum atomic E-state index is -4.27. The van der Waals surface area contributed by atoms with Crippen LogP contribution in [0.5, 0.6) is 5.75 Å². The predicted molar refractivity (Wildman–Crippen MR) is 158 cm³/mol. The Balaban J connectivity index is 2.03. The molecule has 0 saturated heterocycles. The fourth-order valence-corrected chi connectivity index (χ4v) is 5.73. The van der Waals surface area contributed by atoms with Crippen molar-refractivity contribution in [2.45, 2.75) is 58.0 Å². The first kappa shape index (κ1) is 31.6. The summed E-state index contributed by atoms with van der Waals surface area (Å²) in [5.41, 5.74) is 1.96. The van der Waals surface area contributed by atoms with E-state index in [1.54, 1.807) is 6.92 Å². The minimum absolute atomic E-state index is 0.0594. The first-order valence-corrected chi connectivity index (χ1v) is 15.2. The summed E-state index contributed by atoms with van der Waals surface area (Å²) >= 11 is 0. The third-order valence-corrected chi connectivity index (χ3v) is 8.31. The monoisotopic (exact) mass is 583 g/mol. The molecule has 0 radical (unpaired) electrons. The molecule has 0 spiro atoms. The Hall–Kier alpha value is -3.92. The molecule has 3 rings (SSSR count). The molecular weight excluding hydrogens is 545 g/mol.